The highest BCUT2D eigenvalue weighted by Crippen LogP contribution is 2.13. The third kappa shape index (κ3) is 6.31. The Morgan fingerprint density at radius 2 is 1.73 bits per heavy atom. The van der Waals surface area contributed by atoms with Crippen molar-refractivity contribution in [2.75, 3.05) is 40.3 Å². The molecule has 0 atom stereocenters. The minimum atomic E-state index is -3.59. The number of nitrogens with one attached hydrogen (secondary N) is 1. The summed E-state index contributed by atoms with van der Waals surface area (Å²) in [5.74, 6) is -0.0764. The molecule has 0 aliphatic heterocycles. The lowest BCUT2D eigenvalue weighted by molar-refractivity contribution is -0.128. The zero-order valence-electron chi connectivity index (χ0n) is 13.0. The molecule has 0 heterocycles. The van der Waals surface area contributed by atoms with Crippen molar-refractivity contribution in [1.82, 2.24) is 14.5 Å². The number of hydrogen-bond acceptors (Lipinski definition) is 4. The third-order valence-corrected chi connectivity index (χ3v) is 4.79. The summed E-state index contributed by atoms with van der Waals surface area (Å²) in [5, 5.41) is 0.477. The maximum atomic E-state index is 12.1. The van der Waals surface area contributed by atoms with Gasteiger partial charge in [-0.15, -0.1) is 0 Å². The number of benzene rings is 1. The molecular formula is C14H22ClN3O3S. The molecule has 0 saturated heterocycles. The Morgan fingerprint density at radius 1 is 1.14 bits per heavy atom. The molecule has 8 heteroatoms. The summed E-state index contributed by atoms with van der Waals surface area (Å²) in [6, 6.07) is 5.93. The molecule has 6 nitrogen and oxygen atoms in total. The van der Waals surface area contributed by atoms with E-state index >= 15 is 0 Å². The molecule has 0 unspecified atom stereocenters. The summed E-state index contributed by atoms with van der Waals surface area (Å²) in [5.41, 5.74) is 0. The van der Waals surface area contributed by atoms with E-state index in [1.807, 2.05) is 19.0 Å². The lowest BCUT2D eigenvalue weighted by Gasteiger charge is -2.23. The number of nitrogens with zero attached hydrogens (tertiary/aromatic N) is 2. The molecule has 22 heavy (non-hydrogen) atoms. The molecule has 124 valence electrons. The van der Waals surface area contributed by atoms with Gasteiger partial charge in [0.05, 0.1) is 4.90 Å². The SMILES string of the molecule is CC(=O)N(CCNS(=O)(=O)c1ccc(Cl)cc1)CCN(C)C. The van der Waals surface area contributed by atoms with Crippen LogP contribution in [0.15, 0.2) is 29.2 Å². The molecular weight excluding hydrogens is 326 g/mol. The number of carbonyl (C=O) groups is 1. The molecule has 0 fully saturated rings. The zero-order valence-corrected chi connectivity index (χ0v) is 14.6. The van der Waals surface area contributed by atoms with E-state index in [1.54, 1.807) is 4.90 Å². The van der Waals surface area contributed by atoms with Gasteiger partial charge in [0.15, 0.2) is 0 Å². The van der Waals surface area contributed by atoms with E-state index in [9.17, 15) is 13.2 Å². The van der Waals surface area contributed by atoms with Crippen LogP contribution >= 0.6 is 11.6 Å². The van der Waals surface area contributed by atoms with Crippen molar-refractivity contribution < 1.29 is 13.2 Å². The van der Waals surface area contributed by atoms with E-state index in [1.165, 1.54) is 31.2 Å². The van der Waals surface area contributed by atoms with Crippen LogP contribution in [0.2, 0.25) is 5.02 Å². The maximum Gasteiger partial charge on any atom is 0.240 e. The number of rotatable bonds is 8. The summed E-state index contributed by atoms with van der Waals surface area (Å²) >= 11 is 5.74. The first-order valence-corrected chi connectivity index (χ1v) is 8.74. The van der Waals surface area contributed by atoms with E-state index in [0.717, 1.165) is 6.54 Å². The number of sulfonamides is 1. The fourth-order valence-corrected chi connectivity index (χ4v) is 2.91. The number of hydrogen-bond donors (Lipinski definition) is 1. The second-order valence-corrected chi connectivity index (χ2v) is 7.36. The van der Waals surface area contributed by atoms with Gasteiger partial charge in [-0.1, -0.05) is 11.6 Å². The van der Waals surface area contributed by atoms with Crippen molar-refractivity contribution in [2.24, 2.45) is 0 Å². The van der Waals surface area contributed by atoms with Gasteiger partial charge >= 0.3 is 0 Å². The Bertz CT molecular complexity index is 588. The summed E-state index contributed by atoms with van der Waals surface area (Å²) in [6.45, 7) is 3.26. The standard InChI is InChI=1S/C14H22ClN3O3S/c1-12(19)18(11-10-17(2)3)9-8-16-22(20,21)14-6-4-13(15)5-7-14/h4-7,16H,8-11H2,1-3H3. The third-order valence-electron chi connectivity index (χ3n) is 3.06. The minimum absolute atomic E-state index is 0.0764. The second kappa shape index (κ2) is 8.47. The Hall–Kier alpha value is -1.15. The van der Waals surface area contributed by atoms with Crippen LogP contribution in [-0.4, -0.2) is 64.4 Å². The van der Waals surface area contributed by atoms with Gasteiger partial charge in [-0.2, -0.15) is 0 Å². The van der Waals surface area contributed by atoms with Crippen LogP contribution in [0.5, 0.6) is 0 Å². The lowest BCUT2D eigenvalue weighted by atomic mass is 10.4. The van der Waals surface area contributed by atoms with Gasteiger partial charge in [0.1, 0.15) is 0 Å². The Kier molecular flexibility index (Phi) is 7.28. The van der Waals surface area contributed by atoms with Crippen LogP contribution in [-0.2, 0) is 14.8 Å². The molecule has 0 spiro atoms. The molecule has 0 saturated carbocycles. The van der Waals surface area contributed by atoms with Crippen LogP contribution in [0, 0.1) is 0 Å². The molecule has 1 aromatic carbocycles. The normalized spacial score (nSPS) is 11.7. The molecule has 1 N–H and O–H groups in total. The topological polar surface area (TPSA) is 69.7 Å². The maximum absolute atomic E-state index is 12.1. The summed E-state index contributed by atoms with van der Waals surface area (Å²) in [4.78, 5) is 15.3. The highest BCUT2D eigenvalue weighted by Gasteiger charge is 2.15. The van der Waals surface area contributed by atoms with E-state index < -0.39 is 10.0 Å². The van der Waals surface area contributed by atoms with Gasteiger partial charge in [0.25, 0.3) is 0 Å². The predicted octanol–water partition coefficient (Wildman–Crippen LogP) is 1.03. The first-order chi connectivity index (χ1) is 10.2. The molecule has 1 aromatic rings. The van der Waals surface area contributed by atoms with Crippen molar-refractivity contribution in [3.8, 4) is 0 Å². The predicted molar refractivity (Wildman–Crippen MR) is 87.4 cm³/mol. The minimum Gasteiger partial charge on any atom is -0.340 e. The fraction of sp³-hybridized carbons (Fsp3) is 0.500. The van der Waals surface area contributed by atoms with Gasteiger partial charge < -0.3 is 9.80 Å². The molecule has 1 rings (SSSR count). The monoisotopic (exact) mass is 347 g/mol. The van der Waals surface area contributed by atoms with E-state index in [4.69, 9.17) is 11.6 Å². The Morgan fingerprint density at radius 3 is 2.23 bits per heavy atom. The highest BCUT2D eigenvalue weighted by molar-refractivity contribution is 7.89. The lowest BCUT2D eigenvalue weighted by Crippen LogP contribution is -2.40. The van der Waals surface area contributed by atoms with E-state index in [-0.39, 0.29) is 17.3 Å². The Balaban J connectivity index is 2.56. The molecule has 1 amide bonds. The molecule has 0 radical (unpaired) electrons. The van der Waals surface area contributed by atoms with E-state index in [0.29, 0.717) is 18.1 Å². The smallest absolute Gasteiger partial charge is 0.240 e. The van der Waals surface area contributed by atoms with Crippen LogP contribution in [0.4, 0.5) is 0 Å². The zero-order chi connectivity index (χ0) is 16.8. The average molecular weight is 348 g/mol. The van der Waals surface area contributed by atoms with Crippen LogP contribution in [0.25, 0.3) is 0 Å². The first-order valence-electron chi connectivity index (χ1n) is 6.88. The number of amides is 1. The summed E-state index contributed by atoms with van der Waals surface area (Å²) < 4.78 is 26.7. The summed E-state index contributed by atoms with van der Waals surface area (Å²) in [7, 11) is 0.250. The largest absolute Gasteiger partial charge is 0.340 e. The number of likely N-dealkylation sites (N-methyl/N-ethyl adjacent to an activating group) is 1. The fourth-order valence-electron chi connectivity index (χ4n) is 1.76. The van der Waals surface area contributed by atoms with Crippen LogP contribution < -0.4 is 4.72 Å². The van der Waals surface area contributed by atoms with Gasteiger partial charge in [-0.25, -0.2) is 13.1 Å². The van der Waals surface area contributed by atoms with Crippen LogP contribution in [0.3, 0.4) is 0 Å². The summed E-state index contributed by atoms with van der Waals surface area (Å²) in [6.07, 6.45) is 0. The quantitative estimate of drug-likeness (QED) is 0.762. The van der Waals surface area contributed by atoms with Gasteiger partial charge in [-0.05, 0) is 38.4 Å². The van der Waals surface area contributed by atoms with Crippen molar-refractivity contribution >= 4 is 27.5 Å². The number of carbonyl (C=O) groups excluding carboxylic acids is 1. The Labute approximate surface area is 137 Å². The molecule has 0 aromatic heterocycles. The average Bonchev–Trinajstić information content (AvgIpc) is 2.42. The first kappa shape index (κ1) is 18.9. The van der Waals surface area contributed by atoms with Gasteiger partial charge in [0.2, 0.25) is 15.9 Å². The second-order valence-electron chi connectivity index (χ2n) is 5.16. The molecule has 0 aliphatic carbocycles. The number of halogens is 1. The van der Waals surface area contributed by atoms with Crippen molar-refractivity contribution in [3.05, 3.63) is 29.3 Å². The van der Waals surface area contributed by atoms with Crippen LogP contribution in [0.1, 0.15) is 6.92 Å². The van der Waals surface area contributed by atoms with E-state index in [2.05, 4.69) is 4.72 Å². The van der Waals surface area contributed by atoms with Crippen molar-refractivity contribution in [2.45, 2.75) is 11.8 Å². The van der Waals surface area contributed by atoms with Gasteiger partial charge in [-0.3, -0.25) is 4.79 Å². The molecule has 0 aliphatic rings. The van der Waals surface area contributed by atoms with Crippen molar-refractivity contribution in [1.29, 1.82) is 0 Å². The van der Waals surface area contributed by atoms with Gasteiger partial charge in [0, 0.05) is 38.1 Å². The molecule has 0 bridgehead atoms. The van der Waals surface area contributed by atoms with Crippen molar-refractivity contribution in [3.63, 3.8) is 0 Å². The highest BCUT2D eigenvalue weighted by atomic mass is 35.5.